The Morgan fingerprint density at radius 1 is 1.41 bits per heavy atom. The summed E-state index contributed by atoms with van der Waals surface area (Å²) in [6.45, 7) is 3.64. The number of likely N-dealkylation sites (tertiary alicyclic amines) is 1. The van der Waals surface area contributed by atoms with E-state index in [1.807, 2.05) is 18.2 Å². The highest BCUT2D eigenvalue weighted by Crippen LogP contribution is 2.28. The van der Waals surface area contributed by atoms with Crippen LogP contribution in [0.4, 0.5) is 0 Å². The fourth-order valence-corrected chi connectivity index (χ4v) is 2.54. The Balaban J connectivity index is 1.77. The molecule has 1 fully saturated rings. The summed E-state index contributed by atoms with van der Waals surface area (Å²) in [5.74, 6) is -0.359. The van der Waals surface area contributed by atoms with Crippen molar-refractivity contribution in [1.82, 2.24) is 4.90 Å². The summed E-state index contributed by atoms with van der Waals surface area (Å²) in [6, 6.07) is 10.4. The van der Waals surface area contributed by atoms with Crippen molar-refractivity contribution in [2.75, 3.05) is 6.54 Å². The van der Waals surface area contributed by atoms with Crippen LogP contribution in [-0.4, -0.2) is 29.2 Å². The van der Waals surface area contributed by atoms with Gasteiger partial charge in [0.1, 0.15) is 5.92 Å². The van der Waals surface area contributed by atoms with Crippen LogP contribution in [0.5, 0.6) is 0 Å². The summed E-state index contributed by atoms with van der Waals surface area (Å²) in [6.07, 6.45) is 0. The second-order valence-corrected chi connectivity index (χ2v) is 4.60. The standard InChI is InChI=1S/C13H14N2O2/c1-9-12-11(14-17-13(12)16)8-15(9)7-10-5-3-2-4-6-10/h2-6,9,12H,7-8H2,1H3. The van der Waals surface area contributed by atoms with E-state index in [1.54, 1.807) is 0 Å². The molecule has 2 aliphatic rings. The highest BCUT2D eigenvalue weighted by atomic mass is 16.7. The first-order chi connectivity index (χ1) is 8.25. The van der Waals surface area contributed by atoms with Gasteiger partial charge in [0.15, 0.2) is 0 Å². The van der Waals surface area contributed by atoms with E-state index >= 15 is 0 Å². The van der Waals surface area contributed by atoms with Gasteiger partial charge in [0.2, 0.25) is 0 Å². The summed E-state index contributed by atoms with van der Waals surface area (Å²) in [4.78, 5) is 18.5. The van der Waals surface area contributed by atoms with Gasteiger partial charge in [0, 0.05) is 19.1 Å². The molecule has 1 saturated heterocycles. The minimum atomic E-state index is -0.205. The van der Waals surface area contributed by atoms with E-state index < -0.39 is 0 Å². The lowest BCUT2D eigenvalue weighted by Gasteiger charge is -2.22. The van der Waals surface area contributed by atoms with E-state index in [0.29, 0.717) is 0 Å². The monoisotopic (exact) mass is 230 g/mol. The second kappa shape index (κ2) is 3.96. The second-order valence-electron chi connectivity index (χ2n) is 4.60. The third-order valence-electron chi connectivity index (χ3n) is 3.52. The molecule has 0 aromatic heterocycles. The number of fused-ring (bicyclic) bond motifs is 1. The van der Waals surface area contributed by atoms with E-state index in [1.165, 1.54) is 5.56 Å². The molecule has 1 aromatic rings. The molecule has 1 aromatic carbocycles. The first-order valence-electron chi connectivity index (χ1n) is 5.81. The Hall–Kier alpha value is -1.68. The normalized spacial score (nSPS) is 27.8. The van der Waals surface area contributed by atoms with Gasteiger partial charge in [0.25, 0.3) is 0 Å². The fourth-order valence-electron chi connectivity index (χ4n) is 2.54. The Labute approximate surface area is 99.9 Å². The highest BCUT2D eigenvalue weighted by molar-refractivity contribution is 6.08. The third-order valence-corrected chi connectivity index (χ3v) is 3.52. The average Bonchev–Trinajstić information content (AvgIpc) is 2.84. The van der Waals surface area contributed by atoms with Gasteiger partial charge >= 0.3 is 5.97 Å². The third kappa shape index (κ3) is 1.74. The Bertz CT molecular complexity index is 470. The minimum absolute atomic E-state index is 0.154. The average molecular weight is 230 g/mol. The number of oxime groups is 1. The van der Waals surface area contributed by atoms with Gasteiger partial charge in [0.05, 0.1) is 5.71 Å². The lowest BCUT2D eigenvalue weighted by atomic mass is 10.0. The number of hydrogen-bond acceptors (Lipinski definition) is 4. The van der Waals surface area contributed by atoms with Crippen LogP contribution in [-0.2, 0) is 16.2 Å². The molecule has 0 spiro atoms. The predicted octanol–water partition coefficient (Wildman–Crippen LogP) is 1.42. The SMILES string of the molecule is CC1C2C(=O)ON=C2CN1Cc1ccccc1. The van der Waals surface area contributed by atoms with Gasteiger partial charge < -0.3 is 4.84 Å². The largest absolute Gasteiger partial charge is 0.345 e. The summed E-state index contributed by atoms with van der Waals surface area (Å²) in [5, 5.41) is 3.85. The number of hydrogen-bond donors (Lipinski definition) is 0. The van der Waals surface area contributed by atoms with Gasteiger partial charge in [-0.05, 0) is 12.5 Å². The Morgan fingerprint density at radius 3 is 2.88 bits per heavy atom. The van der Waals surface area contributed by atoms with E-state index in [9.17, 15) is 4.79 Å². The lowest BCUT2D eigenvalue weighted by molar-refractivity contribution is -0.144. The van der Waals surface area contributed by atoms with Crippen LogP contribution in [0, 0.1) is 5.92 Å². The van der Waals surface area contributed by atoms with Crippen LogP contribution in [0.25, 0.3) is 0 Å². The molecule has 0 saturated carbocycles. The maximum atomic E-state index is 11.5. The molecule has 0 N–H and O–H groups in total. The van der Waals surface area contributed by atoms with Crippen molar-refractivity contribution in [1.29, 1.82) is 0 Å². The molecule has 4 nitrogen and oxygen atoms in total. The van der Waals surface area contributed by atoms with Crippen LogP contribution in [0.2, 0.25) is 0 Å². The molecule has 0 amide bonds. The summed E-state index contributed by atoms with van der Waals surface area (Å²) in [5.41, 5.74) is 2.13. The Kier molecular flexibility index (Phi) is 2.44. The minimum Gasteiger partial charge on any atom is -0.317 e. The number of carbonyl (C=O) groups is 1. The van der Waals surface area contributed by atoms with Gasteiger partial charge in [-0.2, -0.15) is 0 Å². The van der Waals surface area contributed by atoms with Crippen molar-refractivity contribution >= 4 is 11.7 Å². The highest BCUT2D eigenvalue weighted by Gasteiger charge is 2.45. The van der Waals surface area contributed by atoms with Crippen LogP contribution >= 0.6 is 0 Å². The zero-order valence-corrected chi connectivity index (χ0v) is 9.67. The lowest BCUT2D eigenvalue weighted by Crippen LogP contribution is -2.32. The van der Waals surface area contributed by atoms with E-state index in [2.05, 4.69) is 29.1 Å². The van der Waals surface area contributed by atoms with E-state index in [-0.39, 0.29) is 17.9 Å². The van der Waals surface area contributed by atoms with Crippen molar-refractivity contribution in [3.05, 3.63) is 35.9 Å². The van der Waals surface area contributed by atoms with Crippen molar-refractivity contribution in [3.8, 4) is 0 Å². The molecule has 2 unspecified atom stereocenters. The molecule has 2 heterocycles. The maximum absolute atomic E-state index is 11.5. The topological polar surface area (TPSA) is 41.9 Å². The first kappa shape index (κ1) is 10.5. The molecule has 2 aliphatic heterocycles. The predicted molar refractivity (Wildman–Crippen MR) is 63.3 cm³/mol. The zero-order valence-electron chi connectivity index (χ0n) is 9.67. The van der Waals surface area contributed by atoms with Crippen LogP contribution in [0.3, 0.4) is 0 Å². The summed E-state index contributed by atoms with van der Waals surface area (Å²) < 4.78 is 0. The van der Waals surface area contributed by atoms with Crippen LogP contribution < -0.4 is 0 Å². The van der Waals surface area contributed by atoms with Crippen molar-refractivity contribution in [2.45, 2.75) is 19.5 Å². The molecule has 0 bridgehead atoms. The quantitative estimate of drug-likeness (QED) is 0.721. The number of nitrogens with zero attached hydrogens (tertiary/aromatic N) is 2. The molecular weight excluding hydrogens is 216 g/mol. The van der Waals surface area contributed by atoms with Gasteiger partial charge in [-0.25, -0.2) is 4.79 Å². The van der Waals surface area contributed by atoms with Crippen molar-refractivity contribution < 1.29 is 9.63 Å². The zero-order chi connectivity index (χ0) is 11.8. The Morgan fingerprint density at radius 2 is 2.18 bits per heavy atom. The van der Waals surface area contributed by atoms with Gasteiger partial charge in [-0.15, -0.1) is 0 Å². The van der Waals surface area contributed by atoms with Gasteiger partial charge in [-0.1, -0.05) is 35.5 Å². The molecule has 0 aliphatic carbocycles. The molecule has 3 rings (SSSR count). The van der Waals surface area contributed by atoms with Gasteiger partial charge in [-0.3, -0.25) is 4.90 Å². The molecule has 0 radical (unpaired) electrons. The smallest absolute Gasteiger partial charge is 0.317 e. The molecule has 4 heteroatoms. The molecule has 17 heavy (non-hydrogen) atoms. The number of benzene rings is 1. The van der Waals surface area contributed by atoms with E-state index in [0.717, 1.165) is 18.8 Å². The fraction of sp³-hybridized carbons (Fsp3) is 0.385. The molecule has 88 valence electrons. The van der Waals surface area contributed by atoms with E-state index in [4.69, 9.17) is 4.84 Å². The first-order valence-corrected chi connectivity index (χ1v) is 5.81. The summed E-state index contributed by atoms with van der Waals surface area (Å²) in [7, 11) is 0. The summed E-state index contributed by atoms with van der Waals surface area (Å²) >= 11 is 0. The number of rotatable bonds is 2. The molecular formula is C13H14N2O2. The van der Waals surface area contributed by atoms with Crippen LogP contribution in [0.1, 0.15) is 12.5 Å². The van der Waals surface area contributed by atoms with Crippen LogP contribution in [0.15, 0.2) is 35.5 Å². The maximum Gasteiger partial charge on any atom is 0.345 e. The van der Waals surface area contributed by atoms with Crippen molar-refractivity contribution in [3.63, 3.8) is 0 Å². The van der Waals surface area contributed by atoms with Crippen molar-refractivity contribution in [2.24, 2.45) is 11.1 Å². The number of carbonyl (C=O) groups excluding carboxylic acids is 1. The molecule has 2 atom stereocenters.